The Morgan fingerprint density at radius 1 is 1.00 bits per heavy atom. The van der Waals surface area contributed by atoms with E-state index in [1.807, 2.05) is 30.0 Å². The van der Waals surface area contributed by atoms with E-state index in [0.29, 0.717) is 5.25 Å². The van der Waals surface area contributed by atoms with E-state index >= 15 is 0 Å². The standard InChI is InChI=1S/C23H17NOS2/c25-23-19(14-17-9-11-22(27-17)21-7-4-12-26-21)18-10-8-16(13-20(18)24-23)15-5-2-1-3-6-15/h1-8,10-14,17H,9H2,(H,24,25)/b19-14-. The molecule has 2 aromatic carbocycles. The van der Waals surface area contributed by atoms with Crippen LogP contribution in [0.25, 0.3) is 21.6 Å². The highest BCUT2D eigenvalue weighted by molar-refractivity contribution is 8.09. The summed E-state index contributed by atoms with van der Waals surface area (Å²) in [4.78, 5) is 15.2. The number of carbonyl (C=O) groups excluding carboxylic acids is 1. The molecule has 1 aromatic heterocycles. The molecule has 0 fully saturated rings. The summed E-state index contributed by atoms with van der Waals surface area (Å²) >= 11 is 3.61. The summed E-state index contributed by atoms with van der Waals surface area (Å²) in [7, 11) is 0. The van der Waals surface area contributed by atoms with Crippen molar-refractivity contribution in [1.82, 2.24) is 0 Å². The maximum absolute atomic E-state index is 12.6. The minimum Gasteiger partial charge on any atom is -0.321 e. The van der Waals surface area contributed by atoms with Crippen molar-refractivity contribution in [3.8, 4) is 11.1 Å². The molecule has 1 amide bonds. The van der Waals surface area contributed by atoms with E-state index in [0.717, 1.165) is 34.4 Å². The van der Waals surface area contributed by atoms with E-state index in [2.05, 4.69) is 65.3 Å². The summed E-state index contributed by atoms with van der Waals surface area (Å²) in [5.41, 5.74) is 4.98. The van der Waals surface area contributed by atoms with Crippen LogP contribution < -0.4 is 5.32 Å². The van der Waals surface area contributed by atoms with Crippen LogP contribution in [0.4, 0.5) is 5.69 Å². The molecule has 3 aromatic rings. The lowest BCUT2D eigenvalue weighted by atomic mass is 10.00. The number of allylic oxidation sites excluding steroid dienone is 1. The molecule has 27 heavy (non-hydrogen) atoms. The Morgan fingerprint density at radius 3 is 2.70 bits per heavy atom. The van der Waals surface area contributed by atoms with Crippen molar-refractivity contribution in [3.63, 3.8) is 0 Å². The largest absolute Gasteiger partial charge is 0.321 e. The zero-order valence-corrected chi connectivity index (χ0v) is 16.1. The normalized spacial score (nSPS) is 19.9. The molecule has 3 heterocycles. The number of hydrogen-bond acceptors (Lipinski definition) is 3. The predicted octanol–water partition coefficient (Wildman–Crippen LogP) is 6.30. The van der Waals surface area contributed by atoms with Gasteiger partial charge in [-0.05, 0) is 35.1 Å². The van der Waals surface area contributed by atoms with Gasteiger partial charge >= 0.3 is 0 Å². The summed E-state index contributed by atoms with van der Waals surface area (Å²) in [5, 5.41) is 5.45. The second kappa shape index (κ2) is 6.87. The van der Waals surface area contributed by atoms with Gasteiger partial charge < -0.3 is 5.32 Å². The molecule has 0 radical (unpaired) electrons. The van der Waals surface area contributed by atoms with Crippen LogP contribution in [0.15, 0.2) is 78.2 Å². The molecule has 2 aliphatic heterocycles. The minimum atomic E-state index is 0.000357. The number of anilines is 1. The first-order chi connectivity index (χ1) is 13.3. The van der Waals surface area contributed by atoms with Gasteiger partial charge in [0.1, 0.15) is 0 Å². The van der Waals surface area contributed by atoms with E-state index in [-0.39, 0.29) is 5.91 Å². The highest BCUT2D eigenvalue weighted by atomic mass is 32.2. The Labute approximate surface area is 166 Å². The average molecular weight is 388 g/mol. The monoisotopic (exact) mass is 387 g/mol. The van der Waals surface area contributed by atoms with E-state index < -0.39 is 0 Å². The van der Waals surface area contributed by atoms with Gasteiger partial charge in [-0.2, -0.15) is 0 Å². The molecule has 1 atom stereocenters. The summed E-state index contributed by atoms with van der Waals surface area (Å²) in [6.07, 6.45) is 5.38. The molecule has 0 spiro atoms. The second-order valence-corrected chi connectivity index (χ2v) is 8.83. The molecule has 0 bridgehead atoms. The highest BCUT2D eigenvalue weighted by Crippen LogP contribution is 2.43. The molecule has 0 saturated carbocycles. The van der Waals surface area contributed by atoms with Gasteiger partial charge in [0.05, 0.1) is 0 Å². The zero-order chi connectivity index (χ0) is 18.2. The van der Waals surface area contributed by atoms with Crippen molar-refractivity contribution in [1.29, 1.82) is 0 Å². The number of hydrogen-bond donors (Lipinski definition) is 1. The van der Waals surface area contributed by atoms with Crippen LogP contribution in [-0.2, 0) is 4.79 Å². The Bertz CT molecular complexity index is 1070. The molecule has 132 valence electrons. The molecule has 1 unspecified atom stereocenters. The van der Waals surface area contributed by atoms with Gasteiger partial charge in [-0.3, -0.25) is 4.79 Å². The van der Waals surface area contributed by atoms with Crippen molar-refractivity contribution in [2.45, 2.75) is 11.7 Å². The van der Waals surface area contributed by atoms with Gasteiger partial charge in [0, 0.05) is 31.9 Å². The summed E-state index contributed by atoms with van der Waals surface area (Å²) < 4.78 is 0. The van der Waals surface area contributed by atoms with Crippen LogP contribution >= 0.6 is 23.1 Å². The van der Waals surface area contributed by atoms with Crippen LogP contribution in [0.2, 0.25) is 0 Å². The van der Waals surface area contributed by atoms with Crippen LogP contribution in [-0.4, -0.2) is 11.2 Å². The molecule has 0 aliphatic carbocycles. The van der Waals surface area contributed by atoms with Crippen LogP contribution in [0.3, 0.4) is 0 Å². The van der Waals surface area contributed by atoms with Gasteiger partial charge in [-0.1, -0.05) is 60.7 Å². The lowest BCUT2D eigenvalue weighted by Gasteiger charge is -2.07. The number of rotatable bonds is 3. The van der Waals surface area contributed by atoms with Gasteiger partial charge in [-0.15, -0.1) is 23.1 Å². The van der Waals surface area contributed by atoms with Gasteiger partial charge in [0.2, 0.25) is 0 Å². The summed E-state index contributed by atoms with van der Waals surface area (Å²) in [5.74, 6) is 0.000357. The molecular weight excluding hydrogens is 370 g/mol. The number of amides is 1. The van der Waals surface area contributed by atoms with Crippen LogP contribution in [0.1, 0.15) is 16.9 Å². The molecular formula is C23H17NOS2. The predicted molar refractivity (Wildman–Crippen MR) is 117 cm³/mol. The molecule has 2 aliphatic rings. The van der Waals surface area contributed by atoms with E-state index in [4.69, 9.17) is 0 Å². The van der Waals surface area contributed by atoms with Gasteiger partial charge in [0.25, 0.3) is 5.91 Å². The number of benzene rings is 2. The van der Waals surface area contributed by atoms with E-state index in [1.54, 1.807) is 11.3 Å². The summed E-state index contributed by atoms with van der Waals surface area (Å²) in [6.45, 7) is 0. The smallest absolute Gasteiger partial charge is 0.256 e. The van der Waals surface area contributed by atoms with Crippen molar-refractivity contribution in [2.24, 2.45) is 0 Å². The third-order valence-corrected chi connectivity index (χ3v) is 7.14. The van der Waals surface area contributed by atoms with Crippen molar-refractivity contribution < 1.29 is 4.79 Å². The molecule has 5 rings (SSSR count). The van der Waals surface area contributed by atoms with Crippen LogP contribution in [0.5, 0.6) is 0 Å². The maximum Gasteiger partial charge on any atom is 0.256 e. The Morgan fingerprint density at radius 2 is 1.89 bits per heavy atom. The first kappa shape index (κ1) is 16.6. The van der Waals surface area contributed by atoms with Crippen molar-refractivity contribution in [3.05, 3.63) is 88.6 Å². The minimum absolute atomic E-state index is 0.000357. The fourth-order valence-electron chi connectivity index (χ4n) is 3.52. The number of carbonyl (C=O) groups is 1. The quantitative estimate of drug-likeness (QED) is 0.535. The number of thiophene rings is 1. The van der Waals surface area contributed by atoms with Crippen molar-refractivity contribution >= 4 is 45.2 Å². The SMILES string of the molecule is O=C1Nc2cc(-c3ccccc3)ccc2/C1=C/C1CC=C(c2cccs2)S1. The van der Waals surface area contributed by atoms with Gasteiger partial charge in [-0.25, -0.2) is 0 Å². The average Bonchev–Trinajstić information content (AvgIpc) is 3.43. The Hall–Kier alpha value is -2.56. The van der Waals surface area contributed by atoms with Gasteiger partial charge in [0.15, 0.2) is 0 Å². The van der Waals surface area contributed by atoms with E-state index in [9.17, 15) is 4.79 Å². The Kier molecular flexibility index (Phi) is 4.23. The summed E-state index contributed by atoms with van der Waals surface area (Å²) in [6, 6.07) is 20.7. The first-order valence-corrected chi connectivity index (χ1v) is 10.7. The van der Waals surface area contributed by atoms with Crippen LogP contribution in [0, 0.1) is 0 Å². The fourth-order valence-corrected chi connectivity index (χ4v) is 5.57. The third kappa shape index (κ3) is 3.15. The Balaban J connectivity index is 1.41. The highest BCUT2D eigenvalue weighted by Gasteiger charge is 2.27. The maximum atomic E-state index is 12.6. The number of fused-ring (bicyclic) bond motifs is 1. The lowest BCUT2D eigenvalue weighted by Crippen LogP contribution is -2.05. The third-order valence-electron chi connectivity index (χ3n) is 4.84. The van der Waals surface area contributed by atoms with Crippen molar-refractivity contribution in [2.75, 3.05) is 5.32 Å². The fraction of sp³-hybridized carbons (Fsp3) is 0.0870. The molecule has 4 heteroatoms. The first-order valence-electron chi connectivity index (χ1n) is 8.92. The molecule has 0 saturated heterocycles. The molecule has 1 N–H and O–H groups in total. The van der Waals surface area contributed by atoms with E-state index in [1.165, 1.54) is 9.78 Å². The number of nitrogens with one attached hydrogen (secondary N) is 1. The molecule has 2 nitrogen and oxygen atoms in total. The second-order valence-electron chi connectivity index (χ2n) is 6.60. The lowest BCUT2D eigenvalue weighted by molar-refractivity contribution is -0.110. The zero-order valence-electron chi connectivity index (χ0n) is 14.5. The topological polar surface area (TPSA) is 29.1 Å². The number of thioether (sulfide) groups is 1.